The van der Waals surface area contributed by atoms with Crippen LogP contribution in [0, 0.1) is 10.1 Å². The first-order valence-electron chi connectivity index (χ1n) is 6.67. The van der Waals surface area contributed by atoms with E-state index in [4.69, 9.17) is 9.47 Å². The van der Waals surface area contributed by atoms with E-state index in [9.17, 15) is 10.1 Å². The van der Waals surface area contributed by atoms with E-state index < -0.39 is 4.92 Å². The maximum Gasteiger partial charge on any atom is 0.283 e. The lowest BCUT2D eigenvalue weighted by molar-refractivity contribution is -0.385. The number of nitro benzene ring substituents is 1. The van der Waals surface area contributed by atoms with Crippen molar-refractivity contribution < 1.29 is 14.4 Å². The summed E-state index contributed by atoms with van der Waals surface area (Å²) < 4.78 is 11.7. The molecule has 1 aromatic rings. The van der Waals surface area contributed by atoms with Crippen LogP contribution >= 0.6 is 15.9 Å². The molecule has 1 aromatic carbocycles. The van der Waals surface area contributed by atoms with Gasteiger partial charge < -0.3 is 9.47 Å². The monoisotopic (exact) mass is 343 g/mol. The van der Waals surface area contributed by atoms with Crippen LogP contribution in [-0.2, 0) is 16.1 Å². The molecule has 1 saturated carbocycles. The first-order chi connectivity index (χ1) is 9.60. The molecule has 0 spiro atoms. The van der Waals surface area contributed by atoms with Gasteiger partial charge in [-0.3, -0.25) is 10.1 Å². The first-order valence-corrected chi connectivity index (χ1v) is 7.46. The molecule has 0 radical (unpaired) electrons. The smallest absolute Gasteiger partial charge is 0.283 e. The van der Waals surface area contributed by atoms with Gasteiger partial charge in [-0.2, -0.15) is 0 Å². The van der Waals surface area contributed by atoms with E-state index in [2.05, 4.69) is 15.9 Å². The zero-order valence-corrected chi connectivity index (χ0v) is 13.0. The van der Waals surface area contributed by atoms with Gasteiger partial charge >= 0.3 is 0 Å². The lowest BCUT2D eigenvalue weighted by Crippen LogP contribution is -2.27. The third kappa shape index (κ3) is 4.01. The summed E-state index contributed by atoms with van der Waals surface area (Å²) in [5, 5.41) is 10.9. The van der Waals surface area contributed by atoms with Crippen LogP contribution in [0.4, 0.5) is 5.69 Å². The Morgan fingerprint density at radius 1 is 1.40 bits per heavy atom. The number of ether oxygens (including phenoxy) is 2. The van der Waals surface area contributed by atoms with Crippen LogP contribution in [0.2, 0.25) is 0 Å². The third-order valence-corrected chi connectivity index (χ3v) is 4.27. The minimum atomic E-state index is -0.394. The molecule has 110 valence electrons. The zero-order valence-electron chi connectivity index (χ0n) is 11.4. The first kappa shape index (κ1) is 15.4. The maximum atomic E-state index is 10.9. The molecule has 0 heterocycles. The standard InChI is InChI=1S/C14H18BrNO4/c1-19-11-3-2-4-12(8-11)20-9-10-5-6-13(15)14(7-10)16(17)18/h5-7,11-12H,2-4,8-9H2,1H3. The van der Waals surface area contributed by atoms with Gasteiger partial charge in [0.2, 0.25) is 0 Å². The molecule has 0 bridgehead atoms. The van der Waals surface area contributed by atoms with Crippen molar-refractivity contribution in [2.24, 2.45) is 0 Å². The van der Waals surface area contributed by atoms with Crippen LogP contribution in [0.25, 0.3) is 0 Å². The van der Waals surface area contributed by atoms with Crippen LogP contribution in [-0.4, -0.2) is 24.2 Å². The summed E-state index contributed by atoms with van der Waals surface area (Å²) in [5.74, 6) is 0. The van der Waals surface area contributed by atoms with E-state index in [-0.39, 0.29) is 17.9 Å². The number of benzene rings is 1. The molecular formula is C14H18BrNO4. The fourth-order valence-corrected chi connectivity index (χ4v) is 2.86. The quantitative estimate of drug-likeness (QED) is 0.602. The van der Waals surface area contributed by atoms with E-state index in [1.54, 1.807) is 19.2 Å². The van der Waals surface area contributed by atoms with Crippen LogP contribution in [0.5, 0.6) is 0 Å². The molecule has 1 fully saturated rings. The summed E-state index contributed by atoms with van der Waals surface area (Å²) in [6, 6.07) is 5.09. The summed E-state index contributed by atoms with van der Waals surface area (Å²) in [5.41, 5.74) is 0.893. The number of halogens is 1. The lowest BCUT2D eigenvalue weighted by atomic mass is 9.95. The molecule has 1 aliphatic rings. The van der Waals surface area contributed by atoms with Gasteiger partial charge in [0.25, 0.3) is 5.69 Å². The van der Waals surface area contributed by atoms with Gasteiger partial charge in [0, 0.05) is 13.2 Å². The van der Waals surface area contributed by atoms with Gasteiger partial charge in [-0.15, -0.1) is 0 Å². The van der Waals surface area contributed by atoms with Gasteiger partial charge in [0.1, 0.15) is 0 Å². The summed E-state index contributed by atoms with van der Waals surface area (Å²) in [4.78, 5) is 10.5. The molecule has 2 unspecified atom stereocenters. The maximum absolute atomic E-state index is 10.9. The second-order valence-corrected chi connectivity index (χ2v) is 5.85. The molecule has 5 nitrogen and oxygen atoms in total. The van der Waals surface area contributed by atoms with Crippen molar-refractivity contribution in [2.75, 3.05) is 7.11 Å². The van der Waals surface area contributed by atoms with Crippen LogP contribution in [0.15, 0.2) is 22.7 Å². The van der Waals surface area contributed by atoms with Crippen LogP contribution in [0.3, 0.4) is 0 Å². The summed E-state index contributed by atoms with van der Waals surface area (Å²) >= 11 is 3.18. The Labute approximate surface area is 126 Å². The molecule has 1 aliphatic carbocycles. The molecule has 2 atom stereocenters. The lowest BCUT2D eigenvalue weighted by Gasteiger charge is -2.28. The second-order valence-electron chi connectivity index (χ2n) is 5.00. The number of hydrogen-bond donors (Lipinski definition) is 0. The average Bonchev–Trinajstić information content (AvgIpc) is 2.46. The Kier molecular flexibility index (Phi) is 5.51. The molecule has 0 aliphatic heterocycles. The highest BCUT2D eigenvalue weighted by molar-refractivity contribution is 9.10. The van der Waals surface area contributed by atoms with E-state index in [1.165, 1.54) is 0 Å². The normalized spacial score (nSPS) is 22.7. The fourth-order valence-electron chi connectivity index (χ4n) is 2.47. The second kappa shape index (κ2) is 7.15. The van der Waals surface area contributed by atoms with Crippen molar-refractivity contribution in [2.45, 2.75) is 44.5 Å². The van der Waals surface area contributed by atoms with Gasteiger partial charge in [0.05, 0.1) is 28.2 Å². The van der Waals surface area contributed by atoms with E-state index >= 15 is 0 Å². The number of nitro groups is 1. The van der Waals surface area contributed by atoms with Crippen molar-refractivity contribution >= 4 is 21.6 Å². The minimum Gasteiger partial charge on any atom is -0.381 e. The van der Waals surface area contributed by atoms with E-state index in [0.29, 0.717) is 11.1 Å². The fraction of sp³-hybridized carbons (Fsp3) is 0.571. The molecule has 0 saturated heterocycles. The number of nitrogens with zero attached hydrogens (tertiary/aromatic N) is 1. The Morgan fingerprint density at radius 3 is 2.85 bits per heavy atom. The van der Waals surface area contributed by atoms with Crippen molar-refractivity contribution in [3.05, 3.63) is 38.3 Å². The SMILES string of the molecule is COC1CCCC(OCc2ccc(Br)c([N+](=O)[O-])c2)C1. The molecule has 6 heteroatoms. The van der Waals surface area contributed by atoms with Gasteiger partial charge in [0.15, 0.2) is 0 Å². The van der Waals surface area contributed by atoms with Crippen LogP contribution in [0.1, 0.15) is 31.2 Å². The number of rotatable bonds is 5. The Bertz CT molecular complexity index is 480. The van der Waals surface area contributed by atoms with Gasteiger partial charge in [-0.05, 0) is 53.2 Å². The van der Waals surface area contributed by atoms with E-state index in [1.807, 2.05) is 6.07 Å². The van der Waals surface area contributed by atoms with Gasteiger partial charge in [-0.1, -0.05) is 6.07 Å². The molecule has 20 heavy (non-hydrogen) atoms. The Balaban J connectivity index is 1.93. The highest BCUT2D eigenvalue weighted by Crippen LogP contribution is 2.27. The highest BCUT2D eigenvalue weighted by atomic mass is 79.9. The number of methoxy groups -OCH3 is 1. The summed E-state index contributed by atoms with van der Waals surface area (Å²) in [6.07, 6.45) is 4.56. The largest absolute Gasteiger partial charge is 0.381 e. The van der Waals surface area contributed by atoms with Crippen molar-refractivity contribution in [1.29, 1.82) is 0 Å². The molecule has 0 N–H and O–H groups in total. The molecular weight excluding hydrogens is 326 g/mol. The van der Waals surface area contributed by atoms with Crippen LogP contribution < -0.4 is 0 Å². The third-order valence-electron chi connectivity index (χ3n) is 3.60. The topological polar surface area (TPSA) is 61.6 Å². The van der Waals surface area contributed by atoms with Gasteiger partial charge in [-0.25, -0.2) is 0 Å². The zero-order chi connectivity index (χ0) is 14.5. The van der Waals surface area contributed by atoms with Crippen molar-refractivity contribution in [3.63, 3.8) is 0 Å². The molecule has 0 aromatic heterocycles. The number of hydrogen-bond acceptors (Lipinski definition) is 4. The minimum absolute atomic E-state index is 0.0736. The highest BCUT2D eigenvalue weighted by Gasteiger charge is 2.22. The molecule has 0 amide bonds. The Morgan fingerprint density at radius 2 is 2.15 bits per heavy atom. The van der Waals surface area contributed by atoms with Crippen molar-refractivity contribution in [1.82, 2.24) is 0 Å². The van der Waals surface area contributed by atoms with Crippen molar-refractivity contribution in [3.8, 4) is 0 Å². The van der Waals surface area contributed by atoms with E-state index in [0.717, 1.165) is 31.2 Å². The molecule has 2 rings (SSSR count). The predicted molar refractivity (Wildman–Crippen MR) is 78.6 cm³/mol. The predicted octanol–water partition coefficient (Wildman–Crippen LogP) is 3.83. The summed E-state index contributed by atoms with van der Waals surface area (Å²) in [7, 11) is 1.73. The summed E-state index contributed by atoms with van der Waals surface area (Å²) in [6.45, 7) is 0.398. The average molecular weight is 344 g/mol. The Hall–Kier alpha value is -0.980.